The molecule has 8 unspecified atom stereocenters. The molecule has 5 aliphatic carbocycles. The number of hydrogen-bond donors (Lipinski definition) is 3. The fourth-order valence-electron chi connectivity index (χ4n) is 12.9. The fourth-order valence-corrected chi connectivity index (χ4v) is 12.9. The van der Waals surface area contributed by atoms with Gasteiger partial charge in [0.15, 0.2) is 0 Å². The lowest BCUT2D eigenvalue weighted by Crippen LogP contribution is -2.62. The van der Waals surface area contributed by atoms with E-state index in [0.717, 1.165) is 32.4 Å². The number of piperazine rings is 1. The van der Waals surface area contributed by atoms with Crippen molar-refractivity contribution in [3.8, 4) is 0 Å². The Bertz CT molecular complexity index is 1470. The molecule has 7 nitrogen and oxygen atoms in total. The van der Waals surface area contributed by atoms with E-state index < -0.39 is 5.97 Å². The average Bonchev–Trinajstić information content (AvgIpc) is 3.51. The van der Waals surface area contributed by atoms with Crippen molar-refractivity contribution < 1.29 is 19.5 Å². The van der Waals surface area contributed by atoms with Gasteiger partial charge in [0.1, 0.15) is 0 Å². The van der Waals surface area contributed by atoms with Crippen molar-refractivity contribution in [2.24, 2.45) is 51.2 Å². The molecule has 0 radical (unpaired) electrons. The maximum Gasteiger partial charge on any atom is 0.335 e. The zero-order chi connectivity index (χ0) is 35.2. The number of nitrogens with one attached hydrogen (secondary N) is 2. The number of fused-ring (bicyclic) bond motifs is 7. The number of carbonyl (C=O) groups is 3. The molecule has 1 aliphatic heterocycles. The Morgan fingerprint density at radius 3 is 2.41 bits per heavy atom. The van der Waals surface area contributed by atoms with Crippen molar-refractivity contribution in [3.05, 3.63) is 54.1 Å². The summed E-state index contributed by atoms with van der Waals surface area (Å²) in [6.07, 6.45) is 16.0. The summed E-state index contributed by atoms with van der Waals surface area (Å²) >= 11 is 0. The highest BCUT2D eigenvalue weighted by atomic mass is 16.4. The van der Waals surface area contributed by atoms with Crippen LogP contribution >= 0.6 is 0 Å². The molecule has 49 heavy (non-hydrogen) atoms. The van der Waals surface area contributed by atoms with Gasteiger partial charge in [0.2, 0.25) is 11.8 Å². The summed E-state index contributed by atoms with van der Waals surface area (Å²) in [7, 11) is 0. The maximum absolute atomic E-state index is 14.0. The van der Waals surface area contributed by atoms with Crippen LogP contribution in [0.4, 0.5) is 0 Å². The van der Waals surface area contributed by atoms with Crippen LogP contribution in [-0.4, -0.2) is 60.5 Å². The van der Waals surface area contributed by atoms with Gasteiger partial charge in [-0.15, -0.1) is 6.58 Å². The molecular weight excluding hydrogens is 610 g/mol. The molecule has 8 atom stereocenters. The Kier molecular flexibility index (Phi) is 10.00. The number of carboxylic acid groups (broad SMARTS) is 1. The highest BCUT2D eigenvalue weighted by Crippen LogP contribution is 2.73. The number of nitrogens with zero attached hydrogens (tertiary/aromatic N) is 1. The highest BCUT2D eigenvalue weighted by molar-refractivity contribution is 5.88. The van der Waals surface area contributed by atoms with Gasteiger partial charge in [0.05, 0.1) is 17.5 Å². The van der Waals surface area contributed by atoms with Crippen LogP contribution in [0.25, 0.3) is 5.57 Å². The minimum Gasteiger partial charge on any atom is -0.478 e. The first-order valence-corrected chi connectivity index (χ1v) is 19.2. The van der Waals surface area contributed by atoms with E-state index in [1.807, 2.05) is 19.1 Å². The average molecular weight is 672 g/mol. The SMILES string of the molecule is C=CC.CC1(C)C(c2ccc(C(=O)O)cc2)=CCC2(C)C1CCC1(C)C3CCC4(C(=O)NCCN5CCNC(=O)C5)CCCC4C3CCC12. The molecule has 1 aromatic rings. The van der Waals surface area contributed by atoms with Gasteiger partial charge in [-0.2, -0.15) is 0 Å². The van der Waals surface area contributed by atoms with Gasteiger partial charge >= 0.3 is 5.97 Å². The van der Waals surface area contributed by atoms with Crippen molar-refractivity contribution >= 4 is 23.4 Å². The molecule has 4 saturated carbocycles. The van der Waals surface area contributed by atoms with Crippen LogP contribution in [0.15, 0.2) is 43.0 Å². The third-order valence-corrected chi connectivity index (χ3v) is 14.8. The van der Waals surface area contributed by atoms with Crippen molar-refractivity contribution in [2.75, 3.05) is 32.7 Å². The molecule has 5 fully saturated rings. The summed E-state index contributed by atoms with van der Waals surface area (Å²) in [5, 5.41) is 15.7. The summed E-state index contributed by atoms with van der Waals surface area (Å²) in [4.78, 5) is 39.4. The molecule has 2 amide bonds. The van der Waals surface area contributed by atoms with Gasteiger partial charge < -0.3 is 15.7 Å². The summed E-state index contributed by atoms with van der Waals surface area (Å²) in [6, 6.07) is 7.52. The van der Waals surface area contributed by atoms with Gasteiger partial charge in [-0.05, 0) is 134 Å². The lowest BCUT2D eigenvalue weighted by atomic mass is 9.36. The van der Waals surface area contributed by atoms with Gasteiger partial charge in [0.25, 0.3) is 0 Å². The van der Waals surface area contributed by atoms with Crippen molar-refractivity contribution in [1.82, 2.24) is 15.5 Å². The lowest BCUT2D eigenvalue weighted by molar-refractivity contribution is -0.181. The number of carboxylic acids is 1. The predicted octanol–water partition coefficient (Wildman–Crippen LogP) is 7.58. The Hall–Kier alpha value is -2.93. The molecule has 1 aromatic carbocycles. The second-order valence-corrected chi connectivity index (χ2v) is 17.4. The number of rotatable bonds is 6. The standard InChI is InChI=1S/C39H55N3O4.C3H6/c1-36(2)28(25-7-9-26(10-8-25)34(44)45)13-17-38(4)31(36)15-18-37(3)29-14-19-39(16-5-6-30(39)27(29)11-12-32(37)38)35(46)41-21-23-42-22-20-40-33(43)24-42;1-3-2/h7-10,13,27,29-32H,5-6,11-12,14-24H2,1-4H3,(H,40,43)(H,41,46)(H,44,45);3H,1H2,2H3. The summed E-state index contributed by atoms with van der Waals surface area (Å²) in [5.74, 6) is 2.59. The van der Waals surface area contributed by atoms with Gasteiger partial charge in [-0.3, -0.25) is 14.5 Å². The molecule has 1 heterocycles. The first kappa shape index (κ1) is 35.9. The number of carbonyl (C=O) groups excluding carboxylic acids is 2. The molecule has 3 N–H and O–H groups in total. The molecule has 0 spiro atoms. The molecule has 268 valence electrons. The molecular formula is C42H61N3O4. The number of aromatic carboxylic acids is 1. The van der Waals surface area contributed by atoms with E-state index in [-0.39, 0.29) is 22.2 Å². The number of allylic oxidation sites excluding steroid dienone is 3. The summed E-state index contributed by atoms with van der Waals surface area (Å²) < 4.78 is 0. The normalized spacial score (nSPS) is 37.8. The van der Waals surface area contributed by atoms with Gasteiger partial charge in [-0.1, -0.05) is 58.4 Å². The Labute approximate surface area is 294 Å². The predicted molar refractivity (Wildman–Crippen MR) is 196 cm³/mol. The van der Waals surface area contributed by atoms with E-state index in [0.29, 0.717) is 66.1 Å². The molecule has 0 bridgehead atoms. The summed E-state index contributed by atoms with van der Waals surface area (Å²) in [5.41, 5.74) is 3.24. The van der Waals surface area contributed by atoms with Crippen LogP contribution in [0.1, 0.15) is 115 Å². The van der Waals surface area contributed by atoms with E-state index >= 15 is 0 Å². The number of benzene rings is 1. The van der Waals surface area contributed by atoms with Gasteiger partial charge in [0, 0.05) is 26.2 Å². The first-order valence-electron chi connectivity index (χ1n) is 19.2. The van der Waals surface area contributed by atoms with Crippen LogP contribution in [0.3, 0.4) is 0 Å². The second-order valence-electron chi connectivity index (χ2n) is 17.4. The summed E-state index contributed by atoms with van der Waals surface area (Å²) in [6.45, 7) is 18.7. The molecule has 1 saturated heterocycles. The zero-order valence-corrected chi connectivity index (χ0v) is 30.8. The molecule has 7 heteroatoms. The van der Waals surface area contributed by atoms with Crippen LogP contribution in [0, 0.1) is 51.2 Å². The van der Waals surface area contributed by atoms with Crippen LogP contribution in [0.2, 0.25) is 0 Å². The van der Waals surface area contributed by atoms with Crippen molar-refractivity contribution in [2.45, 2.75) is 98.8 Å². The molecule has 7 rings (SSSR count). The first-order chi connectivity index (χ1) is 23.3. The Morgan fingerprint density at radius 2 is 1.71 bits per heavy atom. The molecule has 0 aromatic heterocycles. The quantitative estimate of drug-likeness (QED) is 0.271. The van der Waals surface area contributed by atoms with Crippen LogP contribution in [-0.2, 0) is 9.59 Å². The van der Waals surface area contributed by atoms with Crippen LogP contribution in [0.5, 0.6) is 0 Å². The fraction of sp³-hybridized carbons (Fsp3) is 0.690. The molecule has 6 aliphatic rings. The third kappa shape index (κ3) is 6.10. The highest BCUT2D eigenvalue weighted by Gasteiger charge is 2.66. The smallest absolute Gasteiger partial charge is 0.335 e. The van der Waals surface area contributed by atoms with E-state index in [1.165, 1.54) is 56.1 Å². The van der Waals surface area contributed by atoms with E-state index in [1.54, 1.807) is 18.2 Å². The zero-order valence-electron chi connectivity index (χ0n) is 30.8. The minimum atomic E-state index is -0.874. The van der Waals surface area contributed by atoms with Crippen LogP contribution < -0.4 is 10.6 Å². The lowest BCUT2D eigenvalue weighted by Gasteiger charge is -2.68. The number of hydrogen-bond acceptors (Lipinski definition) is 4. The van der Waals surface area contributed by atoms with E-state index in [4.69, 9.17) is 0 Å². The monoisotopic (exact) mass is 671 g/mol. The topological polar surface area (TPSA) is 98.7 Å². The Balaban J connectivity index is 0.00000134. The third-order valence-electron chi connectivity index (χ3n) is 14.8. The maximum atomic E-state index is 14.0. The van der Waals surface area contributed by atoms with Gasteiger partial charge in [-0.25, -0.2) is 4.79 Å². The Morgan fingerprint density at radius 1 is 0.980 bits per heavy atom. The minimum absolute atomic E-state index is 0.0131. The second kappa shape index (κ2) is 13.7. The largest absolute Gasteiger partial charge is 0.478 e. The van der Waals surface area contributed by atoms with Crippen molar-refractivity contribution in [3.63, 3.8) is 0 Å². The van der Waals surface area contributed by atoms with Crippen molar-refractivity contribution in [1.29, 1.82) is 0 Å². The van der Waals surface area contributed by atoms with E-state index in [9.17, 15) is 19.5 Å². The number of amides is 2. The van der Waals surface area contributed by atoms with E-state index in [2.05, 4.69) is 55.9 Å².